The first-order valence-electron chi connectivity index (χ1n) is 6.85. The summed E-state index contributed by atoms with van der Waals surface area (Å²) in [5.74, 6) is 1.37. The number of halogens is 2. The predicted molar refractivity (Wildman–Crippen MR) is 85.8 cm³/mol. The second kappa shape index (κ2) is 7.33. The van der Waals surface area contributed by atoms with Crippen LogP contribution in [0.3, 0.4) is 0 Å². The molecule has 0 radical (unpaired) electrons. The highest BCUT2D eigenvalue weighted by molar-refractivity contribution is 9.10. The van der Waals surface area contributed by atoms with Crippen molar-refractivity contribution in [2.24, 2.45) is 0 Å². The Morgan fingerprint density at radius 3 is 2.86 bits per heavy atom. The molecule has 5 nitrogen and oxygen atoms in total. The number of amides is 1. The summed E-state index contributed by atoms with van der Waals surface area (Å²) in [4.78, 5) is 14.5. The topological polar surface area (TPSA) is 50.8 Å². The molecule has 1 N–H and O–H groups in total. The van der Waals surface area contributed by atoms with E-state index in [1.165, 1.54) is 0 Å². The third-order valence-corrected chi connectivity index (χ3v) is 4.06. The number of carbonyl (C=O) groups excluding carboxylic acids is 1. The summed E-state index contributed by atoms with van der Waals surface area (Å²) >= 11 is 3.45. The number of fused-ring (bicyclic) bond motifs is 1. The molecule has 1 aromatic carbocycles. The maximum Gasteiger partial charge on any atom is 0.254 e. The molecule has 1 fully saturated rings. The van der Waals surface area contributed by atoms with E-state index in [0.29, 0.717) is 30.3 Å². The number of ether oxygens (including phenoxy) is 2. The van der Waals surface area contributed by atoms with Crippen molar-refractivity contribution in [3.05, 3.63) is 22.2 Å². The standard InChI is InChI=1S/C14H17BrN2O3.ClH/c15-11-8-10(9-12-13(11)20-7-6-19-12)14(18)17-4-1-2-16-3-5-17;/h8-9,16H,1-7H2;1H. The van der Waals surface area contributed by atoms with Crippen LogP contribution in [-0.4, -0.2) is 50.2 Å². The molecule has 2 aliphatic rings. The molecule has 116 valence electrons. The lowest BCUT2D eigenvalue weighted by Crippen LogP contribution is -2.34. The number of hydrogen-bond donors (Lipinski definition) is 1. The molecule has 0 unspecified atom stereocenters. The second-order valence-electron chi connectivity index (χ2n) is 4.88. The molecule has 0 atom stereocenters. The first-order chi connectivity index (χ1) is 9.75. The number of hydrogen-bond acceptors (Lipinski definition) is 4. The van der Waals surface area contributed by atoms with Gasteiger partial charge in [-0.15, -0.1) is 12.4 Å². The molecule has 7 heteroatoms. The van der Waals surface area contributed by atoms with Crippen LogP contribution in [0.15, 0.2) is 16.6 Å². The van der Waals surface area contributed by atoms with Crippen LogP contribution in [0.4, 0.5) is 0 Å². The highest BCUT2D eigenvalue weighted by Crippen LogP contribution is 2.38. The van der Waals surface area contributed by atoms with Gasteiger partial charge in [0.05, 0.1) is 4.47 Å². The minimum absolute atomic E-state index is 0. The zero-order valence-electron chi connectivity index (χ0n) is 11.6. The summed E-state index contributed by atoms with van der Waals surface area (Å²) in [5, 5.41) is 3.30. The van der Waals surface area contributed by atoms with Crippen molar-refractivity contribution in [3.8, 4) is 11.5 Å². The Bertz CT molecular complexity index is 519. The van der Waals surface area contributed by atoms with Gasteiger partial charge in [0.25, 0.3) is 5.91 Å². The molecular formula is C14H18BrClN2O3. The second-order valence-corrected chi connectivity index (χ2v) is 5.73. The molecular weight excluding hydrogens is 360 g/mol. The van der Waals surface area contributed by atoms with Crippen molar-refractivity contribution >= 4 is 34.2 Å². The summed E-state index contributed by atoms with van der Waals surface area (Å²) in [6.45, 7) is 4.40. The fourth-order valence-corrected chi connectivity index (χ4v) is 3.02. The van der Waals surface area contributed by atoms with Crippen molar-refractivity contribution in [1.82, 2.24) is 10.2 Å². The Labute approximate surface area is 138 Å². The van der Waals surface area contributed by atoms with Gasteiger partial charge in [-0.3, -0.25) is 4.79 Å². The van der Waals surface area contributed by atoms with Crippen LogP contribution in [0.25, 0.3) is 0 Å². The number of nitrogens with zero attached hydrogens (tertiary/aromatic N) is 1. The SMILES string of the molecule is Cl.O=C(c1cc(Br)c2c(c1)OCCO2)N1CCCNCC1. The molecule has 1 aromatic rings. The number of nitrogens with one attached hydrogen (secondary N) is 1. The van der Waals surface area contributed by atoms with Gasteiger partial charge in [-0.05, 0) is 41.0 Å². The summed E-state index contributed by atoms with van der Waals surface area (Å²) in [7, 11) is 0. The third-order valence-electron chi connectivity index (χ3n) is 3.47. The predicted octanol–water partition coefficient (Wildman–Crippen LogP) is 2.08. The van der Waals surface area contributed by atoms with Crippen LogP contribution in [0, 0.1) is 0 Å². The Balaban J connectivity index is 0.00000161. The number of benzene rings is 1. The summed E-state index contributed by atoms with van der Waals surface area (Å²) in [6, 6.07) is 3.59. The van der Waals surface area contributed by atoms with E-state index in [4.69, 9.17) is 9.47 Å². The molecule has 0 aromatic heterocycles. The van der Waals surface area contributed by atoms with Crippen molar-refractivity contribution in [2.75, 3.05) is 39.4 Å². The van der Waals surface area contributed by atoms with Gasteiger partial charge >= 0.3 is 0 Å². The molecule has 2 heterocycles. The van der Waals surface area contributed by atoms with E-state index in [1.807, 2.05) is 11.0 Å². The van der Waals surface area contributed by atoms with Gasteiger partial charge in [-0.1, -0.05) is 0 Å². The fraction of sp³-hybridized carbons (Fsp3) is 0.500. The Morgan fingerprint density at radius 2 is 2.00 bits per heavy atom. The van der Waals surface area contributed by atoms with Gasteiger partial charge < -0.3 is 19.7 Å². The normalized spacial score (nSPS) is 17.7. The number of carbonyl (C=O) groups is 1. The van der Waals surface area contributed by atoms with Crippen molar-refractivity contribution in [1.29, 1.82) is 0 Å². The third kappa shape index (κ3) is 3.62. The molecule has 0 bridgehead atoms. The largest absolute Gasteiger partial charge is 0.486 e. The summed E-state index contributed by atoms with van der Waals surface area (Å²) in [5.41, 5.74) is 0.642. The van der Waals surface area contributed by atoms with Gasteiger partial charge in [-0.2, -0.15) is 0 Å². The van der Waals surface area contributed by atoms with E-state index < -0.39 is 0 Å². The lowest BCUT2D eigenvalue weighted by atomic mass is 10.1. The maximum atomic E-state index is 12.6. The Morgan fingerprint density at radius 1 is 1.19 bits per heavy atom. The van der Waals surface area contributed by atoms with Gasteiger partial charge in [0.2, 0.25) is 0 Å². The number of rotatable bonds is 1. The quantitative estimate of drug-likeness (QED) is 0.814. The van der Waals surface area contributed by atoms with Crippen LogP contribution in [0.1, 0.15) is 16.8 Å². The monoisotopic (exact) mass is 376 g/mol. The molecule has 0 spiro atoms. The van der Waals surface area contributed by atoms with Crippen LogP contribution in [0.5, 0.6) is 11.5 Å². The van der Waals surface area contributed by atoms with Gasteiger partial charge in [0.1, 0.15) is 13.2 Å². The van der Waals surface area contributed by atoms with E-state index in [2.05, 4.69) is 21.2 Å². The average molecular weight is 378 g/mol. The van der Waals surface area contributed by atoms with E-state index in [0.717, 1.165) is 37.1 Å². The first kappa shape index (κ1) is 16.4. The zero-order chi connectivity index (χ0) is 13.9. The summed E-state index contributed by atoms with van der Waals surface area (Å²) in [6.07, 6.45) is 0.984. The lowest BCUT2D eigenvalue weighted by Gasteiger charge is -2.23. The minimum Gasteiger partial charge on any atom is -0.486 e. The Hall–Kier alpha value is -0.980. The van der Waals surface area contributed by atoms with Crippen LogP contribution in [-0.2, 0) is 0 Å². The van der Waals surface area contributed by atoms with Crippen LogP contribution in [0.2, 0.25) is 0 Å². The first-order valence-corrected chi connectivity index (χ1v) is 7.64. The Kier molecular flexibility index (Phi) is 5.72. The molecule has 0 saturated carbocycles. The molecule has 1 amide bonds. The van der Waals surface area contributed by atoms with Gasteiger partial charge in [0, 0.05) is 25.2 Å². The van der Waals surface area contributed by atoms with Crippen molar-refractivity contribution < 1.29 is 14.3 Å². The van der Waals surface area contributed by atoms with E-state index in [9.17, 15) is 4.79 Å². The molecule has 3 rings (SSSR count). The van der Waals surface area contributed by atoms with Crippen LogP contribution >= 0.6 is 28.3 Å². The van der Waals surface area contributed by atoms with Crippen molar-refractivity contribution in [3.63, 3.8) is 0 Å². The van der Waals surface area contributed by atoms with Crippen molar-refractivity contribution in [2.45, 2.75) is 6.42 Å². The van der Waals surface area contributed by atoms with Gasteiger partial charge in [0.15, 0.2) is 11.5 Å². The fourth-order valence-electron chi connectivity index (χ4n) is 2.47. The molecule has 2 aliphatic heterocycles. The molecule has 1 saturated heterocycles. The highest BCUT2D eigenvalue weighted by atomic mass is 79.9. The summed E-state index contributed by atoms with van der Waals surface area (Å²) < 4.78 is 11.9. The van der Waals surface area contributed by atoms with Gasteiger partial charge in [-0.25, -0.2) is 0 Å². The van der Waals surface area contributed by atoms with E-state index in [-0.39, 0.29) is 18.3 Å². The minimum atomic E-state index is 0. The van der Waals surface area contributed by atoms with E-state index >= 15 is 0 Å². The average Bonchev–Trinajstić information content (AvgIpc) is 2.75. The van der Waals surface area contributed by atoms with Crippen LogP contribution < -0.4 is 14.8 Å². The molecule has 0 aliphatic carbocycles. The zero-order valence-corrected chi connectivity index (χ0v) is 14.0. The highest BCUT2D eigenvalue weighted by Gasteiger charge is 2.22. The molecule has 21 heavy (non-hydrogen) atoms. The van der Waals surface area contributed by atoms with E-state index in [1.54, 1.807) is 6.07 Å². The maximum absolute atomic E-state index is 12.6. The smallest absolute Gasteiger partial charge is 0.254 e. The lowest BCUT2D eigenvalue weighted by molar-refractivity contribution is 0.0765.